The number of amides is 1. The average molecular weight is 413 g/mol. The number of aromatic nitrogens is 2. The van der Waals surface area contributed by atoms with Gasteiger partial charge in [-0.15, -0.1) is 0 Å². The molecule has 0 aliphatic carbocycles. The van der Waals surface area contributed by atoms with Gasteiger partial charge < -0.3 is 5.32 Å². The molecule has 0 radical (unpaired) electrons. The van der Waals surface area contributed by atoms with Gasteiger partial charge in [0, 0.05) is 18.8 Å². The number of sulfonamides is 1. The summed E-state index contributed by atoms with van der Waals surface area (Å²) in [7, 11) is -2.02. The zero-order valence-electron chi connectivity index (χ0n) is 16.8. The van der Waals surface area contributed by atoms with Crippen LogP contribution in [0.1, 0.15) is 29.9 Å². The number of hydrogen-bond acceptors (Lipinski definition) is 4. The minimum absolute atomic E-state index is 0.150. The fourth-order valence-corrected chi connectivity index (χ4v) is 4.18. The van der Waals surface area contributed by atoms with Crippen LogP contribution in [0.3, 0.4) is 0 Å². The van der Waals surface area contributed by atoms with Crippen LogP contribution >= 0.6 is 0 Å². The molecule has 0 saturated heterocycles. The van der Waals surface area contributed by atoms with E-state index in [1.807, 2.05) is 51.1 Å². The Morgan fingerprint density at radius 3 is 2.28 bits per heavy atom. The van der Waals surface area contributed by atoms with Crippen LogP contribution < -0.4 is 5.32 Å². The Kier molecular flexibility index (Phi) is 5.86. The maximum Gasteiger partial charge on any atom is 0.259 e. The van der Waals surface area contributed by atoms with Gasteiger partial charge in [-0.05, 0) is 57.2 Å². The lowest BCUT2D eigenvalue weighted by atomic mass is 10.2. The molecule has 1 amide bonds. The van der Waals surface area contributed by atoms with E-state index in [-0.39, 0.29) is 16.8 Å². The van der Waals surface area contributed by atoms with Crippen molar-refractivity contribution in [1.29, 1.82) is 0 Å². The molecular weight excluding hydrogens is 388 g/mol. The van der Waals surface area contributed by atoms with E-state index in [0.29, 0.717) is 16.9 Å². The van der Waals surface area contributed by atoms with Crippen LogP contribution in [0.15, 0.2) is 65.7 Å². The molecule has 0 fully saturated rings. The van der Waals surface area contributed by atoms with Crippen molar-refractivity contribution in [2.75, 3.05) is 12.4 Å². The van der Waals surface area contributed by atoms with Gasteiger partial charge in [-0.25, -0.2) is 13.1 Å². The summed E-state index contributed by atoms with van der Waals surface area (Å²) in [5, 5.41) is 7.10. The summed E-state index contributed by atoms with van der Waals surface area (Å²) in [6.45, 7) is 5.44. The van der Waals surface area contributed by atoms with Gasteiger partial charge in [-0.2, -0.15) is 9.40 Å². The fraction of sp³-hybridized carbons (Fsp3) is 0.238. The first-order chi connectivity index (χ1) is 13.7. The second-order valence-corrected chi connectivity index (χ2v) is 8.98. The second-order valence-electron chi connectivity index (χ2n) is 6.98. The Bertz CT molecular complexity index is 1100. The molecule has 0 aliphatic heterocycles. The third-order valence-corrected chi connectivity index (χ3v) is 6.82. The highest BCUT2D eigenvalue weighted by atomic mass is 32.2. The van der Waals surface area contributed by atoms with E-state index < -0.39 is 10.0 Å². The number of anilines is 1. The van der Waals surface area contributed by atoms with Crippen molar-refractivity contribution < 1.29 is 13.2 Å². The summed E-state index contributed by atoms with van der Waals surface area (Å²) < 4.78 is 28.1. The molecule has 0 spiro atoms. The number of nitrogens with zero attached hydrogens (tertiary/aromatic N) is 3. The molecule has 1 aromatic heterocycles. The van der Waals surface area contributed by atoms with Gasteiger partial charge >= 0.3 is 0 Å². The summed E-state index contributed by atoms with van der Waals surface area (Å²) in [5.74, 6) is -0.306. The predicted octanol–water partition coefficient (Wildman–Crippen LogP) is 3.46. The minimum atomic E-state index is -3.56. The van der Waals surface area contributed by atoms with Crippen molar-refractivity contribution in [3.8, 4) is 5.69 Å². The van der Waals surface area contributed by atoms with Crippen LogP contribution in [0, 0.1) is 6.92 Å². The van der Waals surface area contributed by atoms with Gasteiger partial charge in [0.2, 0.25) is 10.0 Å². The minimum Gasteiger partial charge on any atom is -0.322 e. The number of benzene rings is 2. The van der Waals surface area contributed by atoms with Crippen molar-refractivity contribution in [3.63, 3.8) is 0 Å². The number of carbonyl (C=O) groups is 1. The Labute approximate surface area is 171 Å². The second kappa shape index (κ2) is 8.18. The van der Waals surface area contributed by atoms with E-state index in [1.165, 1.54) is 22.6 Å². The Balaban J connectivity index is 1.78. The molecule has 3 rings (SSSR count). The quantitative estimate of drug-likeness (QED) is 0.672. The normalized spacial score (nSPS) is 11.8. The maximum atomic E-state index is 12.7. The van der Waals surface area contributed by atoms with Gasteiger partial charge in [-0.3, -0.25) is 4.79 Å². The van der Waals surface area contributed by atoms with Gasteiger partial charge in [0.1, 0.15) is 0 Å². The number of hydrogen-bond donors (Lipinski definition) is 1. The van der Waals surface area contributed by atoms with Gasteiger partial charge in [0.25, 0.3) is 5.91 Å². The van der Waals surface area contributed by atoms with Crippen LogP contribution in [-0.4, -0.2) is 41.5 Å². The van der Waals surface area contributed by atoms with Crippen LogP contribution in [0.5, 0.6) is 0 Å². The van der Waals surface area contributed by atoms with E-state index in [1.54, 1.807) is 23.9 Å². The largest absolute Gasteiger partial charge is 0.322 e. The zero-order chi connectivity index (χ0) is 21.2. The van der Waals surface area contributed by atoms with Crippen LogP contribution in [0.2, 0.25) is 0 Å². The van der Waals surface area contributed by atoms with Crippen LogP contribution in [0.4, 0.5) is 5.69 Å². The SMILES string of the molecule is Cc1c(C(=O)Nc2ccc(S(=O)(=O)N(C)C(C)C)cc2)cnn1-c1ccccc1. The third kappa shape index (κ3) is 4.23. The average Bonchev–Trinajstić information content (AvgIpc) is 3.09. The molecule has 0 atom stereocenters. The van der Waals surface area contributed by atoms with Crippen LogP contribution in [-0.2, 0) is 10.0 Å². The Hall–Kier alpha value is -2.97. The zero-order valence-corrected chi connectivity index (χ0v) is 17.6. The lowest BCUT2D eigenvalue weighted by molar-refractivity contribution is 0.102. The van der Waals surface area contributed by atoms with Gasteiger partial charge in [0.05, 0.1) is 28.0 Å². The molecule has 0 unspecified atom stereocenters. The summed E-state index contributed by atoms with van der Waals surface area (Å²) >= 11 is 0. The summed E-state index contributed by atoms with van der Waals surface area (Å²) in [5.41, 5.74) is 2.54. The Morgan fingerprint density at radius 1 is 1.07 bits per heavy atom. The summed E-state index contributed by atoms with van der Waals surface area (Å²) in [6.07, 6.45) is 1.52. The number of rotatable bonds is 6. The van der Waals surface area contributed by atoms with E-state index in [2.05, 4.69) is 10.4 Å². The Morgan fingerprint density at radius 2 is 1.69 bits per heavy atom. The van der Waals surface area contributed by atoms with Gasteiger partial charge in [-0.1, -0.05) is 18.2 Å². The molecule has 7 nitrogen and oxygen atoms in total. The van der Waals surface area contributed by atoms with Crippen molar-refractivity contribution >= 4 is 21.6 Å². The molecule has 1 heterocycles. The summed E-state index contributed by atoms with van der Waals surface area (Å²) in [6, 6.07) is 15.5. The van der Waals surface area contributed by atoms with Gasteiger partial charge in [0.15, 0.2) is 0 Å². The first-order valence-electron chi connectivity index (χ1n) is 9.21. The van der Waals surface area contributed by atoms with Crippen molar-refractivity contribution in [2.45, 2.75) is 31.7 Å². The summed E-state index contributed by atoms with van der Waals surface area (Å²) in [4.78, 5) is 12.8. The van der Waals surface area contributed by atoms with E-state index in [9.17, 15) is 13.2 Å². The predicted molar refractivity (Wildman–Crippen MR) is 113 cm³/mol. The topological polar surface area (TPSA) is 84.3 Å². The van der Waals surface area contributed by atoms with E-state index in [0.717, 1.165) is 5.69 Å². The molecule has 8 heteroatoms. The molecule has 29 heavy (non-hydrogen) atoms. The smallest absolute Gasteiger partial charge is 0.259 e. The number of para-hydroxylation sites is 1. The highest BCUT2D eigenvalue weighted by Crippen LogP contribution is 2.20. The molecule has 0 aliphatic rings. The van der Waals surface area contributed by atoms with Crippen LogP contribution in [0.25, 0.3) is 5.69 Å². The standard InChI is InChI=1S/C21H24N4O3S/c1-15(2)24(4)29(27,28)19-12-10-17(11-13-19)23-21(26)20-14-22-25(16(20)3)18-8-6-5-7-9-18/h5-15H,1-4H3,(H,23,26). The molecule has 1 N–H and O–H groups in total. The van der Waals surface area contributed by atoms with E-state index >= 15 is 0 Å². The lowest BCUT2D eigenvalue weighted by Gasteiger charge is -2.21. The van der Waals surface area contributed by atoms with Crippen molar-refractivity contribution in [3.05, 3.63) is 72.1 Å². The highest BCUT2D eigenvalue weighted by molar-refractivity contribution is 7.89. The molecular formula is C21H24N4O3S. The molecule has 2 aromatic carbocycles. The highest BCUT2D eigenvalue weighted by Gasteiger charge is 2.23. The molecule has 152 valence electrons. The lowest BCUT2D eigenvalue weighted by Crippen LogP contribution is -2.33. The van der Waals surface area contributed by atoms with Crippen molar-refractivity contribution in [2.24, 2.45) is 0 Å². The fourth-order valence-electron chi connectivity index (χ4n) is 2.81. The number of carbonyl (C=O) groups excluding carboxylic acids is 1. The third-order valence-electron chi connectivity index (χ3n) is 4.77. The van der Waals surface area contributed by atoms with Crippen molar-refractivity contribution in [1.82, 2.24) is 14.1 Å². The van der Waals surface area contributed by atoms with E-state index in [4.69, 9.17) is 0 Å². The molecule has 0 bridgehead atoms. The first-order valence-corrected chi connectivity index (χ1v) is 10.7. The molecule has 3 aromatic rings. The first kappa shape index (κ1) is 20.8. The number of nitrogens with one attached hydrogen (secondary N) is 1. The molecule has 0 saturated carbocycles. The monoisotopic (exact) mass is 412 g/mol. The maximum absolute atomic E-state index is 12.7.